The molecule has 0 bridgehead atoms. The van der Waals surface area contributed by atoms with Gasteiger partial charge in [-0.1, -0.05) is 12.1 Å². The van der Waals surface area contributed by atoms with Crippen LogP contribution in [0, 0.1) is 0 Å². The normalized spacial score (nSPS) is 9.62. The number of alkyl halides is 1. The molecular formula is C11H13FN2O2. The van der Waals surface area contributed by atoms with Gasteiger partial charge in [-0.15, -0.1) is 0 Å². The number of carbonyl (C=O) groups excluding carboxylic acids is 2. The molecule has 1 rings (SSSR count). The maximum atomic E-state index is 11.9. The summed E-state index contributed by atoms with van der Waals surface area (Å²) in [4.78, 5) is 21.4. The molecule has 0 saturated carbocycles. The number of benzene rings is 1. The first-order valence-electron chi connectivity index (χ1n) is 4.81. The van der Waals surface area contributed by atoms with Crippen LogP contribution in [0.15, 0.2) is 24.3 Å². The predicted molar refractivity (Wildman–Crippen MR) is 58.6 cm³/mol. The Morgan fingerprint density at radius 2 is 1.88 bits per heavy atom. The second-order valence-corrected chi connectivity index (χ2v) is 3.29. The van der Waals surface area contributed by atoms with Crippen LogP contribution in [0.25, 0.3) is 0 Å². The zero-order chi connectivity index (χ0) is 12.0. The Morgan fingerprint density at radius 1 is 1.25 bits per heavy atom. The zero-order valence-electron chi connectivity index (χ0n) is 8.92. The minimum atomic E-state index is -1.03. The minimum Gasteiger partial charge on any atom is -0.352 e. The average molecular weight is 224 g/mol. The molecule has 0 aromatic heterocycles. The Kier molecular flexibility index (Phi) is 4.44. The molecule has 0 saturated heterocycles. The van der Waals surface area contributed by atoms with Crippen LogP contribution in [0.1, 0.15) is 12.5 Å². The van der Waals surface area contributed by atoms with Gasteiger partial charge >= 0.3 is 0 Å². The first-order chi connectivity index (χ1) is 7.61. The summed E-state index contributed by atoms with van der Waals surface area (Å²) in [5.74, 6) is -0.774. The van der Waals surface area contributed by atoms with Gasteiger partial charge in [-0.05, 0) is 17.7 Å². The smallest absolute Gasteiger partial charge is 0.255 e. The van der Waals surface area contributed by atoms with Gasteiger partial charge in [0.1, 0.15) is 0 Å². The fraction of sp³-hybridized carbons (Fsp3) is 0.273. The Hall–Kier alpha value is -1.91. The van der Waals surface area contributed by atoms with Crippen molar-refractivity contribution in [1.82, 2.24) is 5.32 Å². The summed E-state index contributed by atoms with van der Waals surface area (Å²) in [6.45, 7) is 0.843. The number of carbonyl (C=O) groups is 2. The van der Waals surface area contributed by atoms with Crippen molar-refractivity contribution in [2.45, 2.75) is 13.5 Å². The van der Waals surface area contributed by atoms with E-state index in [1.54, 1.807) is 24.3 Å². The summed E-state index contributed by atoms with van der Waals surface area (Å²) in [6, 6.07) is 6.82. The standard InChI is InChI=1S/C11H13FN2O2/c1-8(15)13-7-9-2-4-10(5-3-9)14-11(16)6-12/h2-5H,6-7H2,1H3,(H,13,15)(H,14,16). The van der Waals surface area contributed by atoms with Gasteiger partial charge in [-0.2, -0.15) is 0 Å². The maximum Gasteiger partial charge on any atom is 0.255 e. The molecule has 0 radical (unpaired) electrons. The van der Waals surface area contributed by atoms with Crippen LogP contribution >= 0.6 is 0 Å². The molecule has 2 N–H and O–H groups in total. The lowest BCUT2D eigenvalue weighted by Crippen LogP contribution is -2.18. The van der Waals surface area contributed by atoms with Crippen molar-refractivity contribution in [3.63, 3.8) is 0 Å². The third kappa shape index (κ3) is 4.08. The highest BCUT2D eigenvalue weighted by Gasteiger charge is 2.00. The van der Waals surface area contributed by atoms with Crippen LogP contribution in [0.2, 0.25) is 0 Å². The minimum absolute atomic E-state index is 0.102. The van der Waals surface area contributed by atoms with Crippen molar-refractivity contribution in [2.24, 2.45) is 0 Å². The quantitative estimate of drug-likeness (QED) is 0.808. The first kappa shape index (κ1) is 12.2. The molecular weight excluding hydrogens is 211 g/mol. The molecule has 5 heteroatoms. The highest BCUT2D eigenvalue weighted by Crippen LogP contribution is 2.09. The zero-order valence-corrected chi connectivity index (χ0v) is 8.92. The van der Waals surface area contributed by atoms with E-state index in [9.17, 15) is 14.0 Å². The monoisotopic (exact) mass is 224 g/mol. The van der Waals surface area contributed by atoms with E-state index < -0.39 is 12.6 Å². The largest absolute Gasteiger partial charge is 0.352 e. The van der Waals surface area contributed by atoms with E-state index in [-0.39, 0.29) is 5.91 Å². The van der Waals surface area contributed by atoms with Gasteiger partial charge in [0, 0.05) is 19.2 Å². The highest BCUT2D eigenvalue weighted by molar-refractivity contribution is 5.91. The van der Waals surface area contributed by atoms with E-state index in [0.29, 0.717) is 12.2 Å². The third-order valence-corrected chi connectivity index (χ3v) is 1.90. The van der Waals surface area contributed by atoms with E-state index in [4.69, 9.17) is 0 Å². The van der Waals surface area contributed by atoms with Gasteiger partial charge in [0.15, 0.2) is 6.67 Å². The van der Waals surface area contributed by atoms with Gasteiger partial charge < -0.3 is 10.6 Å². The Balaban J connectivity index is 2.54. The number of anilines is 1. The molecule has 16 heavy (non-hydrogen) atoms. The van der Waals surface area contributed by atoms with Crippen LogP contribution in [0.4, 0.5) is 10.1 Å². The van der Waals surface area contributed by atoms with Crippen molar-refractivity contribution in [2.75, 3.05) is 12.0 Å². The van der Waals surface area contributed by atoms with E-state index >= 15 is 0 Å². The first-order valence-corrected chi connectivity index (χ1v) is 4.81. The number of amides is 2. The molecule has 1 aromatic carbocycles. The molecule has 86 valence electrons. The summed E-state index contributed by atoms with van der Waals surface area (Å²) in [5, 5.41) is 5.03. The third-order valence-electron chi connectivity index (χ3n) is 1.90. The lowest BCUT2D eigenvalue weighted by Gasteiger charge is -2.05. The Labute approximate surface area is 92.8 Å². The number of halogens is 1. The SMILES string of the molecule is CC(=O)NCc1ccc(NC(=O)CF)cc1. The Bertz CT molecular complexity index is 376. The van der Waals surface area contributed by atoms with E-state index in [0.717, 1.165) is 5.56 Å². The van der Waals surface area contributed by atoms with Crippen molar-refractivity contribution in [3.8, 4) is 0 Å². The van der Waals surface area contributed by atoms with Gasteiger partial charge in [0.2, 0.25) is 5.91 Å². The fourth-order valence-corrected chi connectivity index (χ4v) is 1.13. The summed E-state index contributed by atoms with van der Waals surface area (Å²) in [5.41, 5.74) is 1.45. The van der Waals surface area contributed by atoms with E-state index in [1.807, 2.05) is 0 Å². The summed E-state index contributed by atoms with van der Waals surface area (Å²) in [6.07, 6.45) is 0. The van der Waals surface area contributed by atoms with Crippen LogP contribution in [-0.2, 0) is 16.1 Å². The van der Waals surface area contributed by atoms with Crippen molar-refractivity contribution in [3.05, 3.63) is 29.8 Å². The topological polar surface area (TPSA) is 58.2 Å². The molecule has 1 aromatic rings. The highest BCUT2D eigenvalue weighted by atomic mass is 19.1. The molecule has 0 heterocycles. The Morgan fingerprint density at radius 3 is 2.38 bits per heavy atom. The maximum absolute atomic E-state index is 11.9. The molecule has 0 aliphatic heterocycles. The van der Waals surface area contributed by atoms with Crippen LogP contribution in [0.3, 0.4) is 0 Å². The van der Waals surface area contributed by atoms with Crippen molar-refractivity contribution >= 4 is 17.5 Å². The molecule has 0 fully saturated rings. The van der Waals surface area contributed by atoms with E-state index in [2.05, 4.69) is 10.6 Å². The van der Waals surface area contributed by atoms with Crippen molar-refractivity contribution < 1.29 is 14.0 Å². The van der Waals surface area contributed by atoms with Crippen LogP contribution in [-0.4, -0.2) is 18.5 Å². The number of hydrogen-bond donors (Lipinski definition) is 2. The van der Waals surface area contributed by atoms with Crippen LogP contribution in [0.5, 0.6) is 0 Å². The van der Waals surface area contributed by atoms with Gasteiger partial charge in [0.25, 0.3) is 5.91 Å². The van der Waals surface area contributed by atoms with E-state index in [1.165, 1.54) is 6.92 Å². The molecule has 0 unspecified atom stereocenters. The summed E-state index contributed by atoms with van der Waals surface area (Å²) in [7, 11) is 0. The van der Waals surface area contributed by atoms with Gasteiger partial charge in [-0.3, -0.25) is 9.59 Å². The number of hydrogen-bond acceptors (Lipinski definition) is 2. The number of nitrogens with one attached hydrogen (secondary N) is 2. The molecule has 4 nitrogen and oxygen atoms in total. The molecule has 0 atom stereocenters. The summed E-state index contributed by atoms with van der Waals surface area (Å²) >= 11 is 0. The lowest BCUT2D eigenvalue weighted by molar-refractivity contribution is -0.119. The average Bonchev–Trinajstić information content (AvgIpc) is 2.28. The van der Waals surface area contributed by atoms with Gasteiger partial charge in [0.05, 0.1) is 0 Å². The molecule has 2 amide bonds. The molecule has 0 aliphatic rings. The fourth-order valence-electron chi connectivity index (χ4n) is 1.13. The van der Waals surface area contributed by atoms with Crippen LogP contribution < -0.4 is 10.6 Å². The van der Waals surface area contributed by atoms with Crippen molar-refractivity contribution in [1.29, 1.82) is 0 Å². The lowest BCUT2D eigenvalue weighted by atomic mass is 10.2. The predicted octanol–water partition coefficient (Wildman–Crippen LogP) is 1.23. The molecule has 0 spiro atoms. The molecule has 0 aliphatic carbocycles. The second kappa shape index (κ2) is 5.85. The summed E-state index contributed by atoms with van der Waals surface area (Å²) < 4.78 is 11.9. The second-order valence-electron chi connectivity index (χ2n) is 3.29. The number of rotatable bonds is 4. The van der Waals surface area contributed by atoms with Gasteiger partial charge in [-0.25, -0.2) is 4.39 Å².